The molecule has 0 bridgehead atoms. The number of ether oxygens (including phenoxy) is 1. The second-order valence-corrected chi connectivity index (χ2v) is 5.40. The molecule has 0 N–H and O–H groups in total. The van der Waals surface area contributed by atoms with Gasteiger partial charge in [0, 0.05) is 6.07 Å². The van der Waals surface area contributed by atoms with Gasteiger partial charge in [-0.25, -0.2) is 9.36 Å². The summed E-state index contributed by atoms with van der Waals surface area (Å²) in [6.07, 6.45) is 1.70. The Morgan fingerprint density at radius 3 is 2.61 bits per heavy atom. The molecule has 3 aromatic rings. The Morgan fingerprint density at radius 1 is 1.09 bits per heavy atom. The highest BCUT2D eigenvalue weighted by Crippen LogP contribution is 2.26. The van der Waals surface area contributed by atoms with E-state index in [-0.39, 0.29) is 11.6 Å². The zero-order valence-electron chi connectivity index (χ0n) is 13.3. The van der Waals surface area contributed by atoms with Crippen molar-refractivity contribution in [2.45, 2.75) is 19.9 Å². The molecule has 0 fully saturated rings. The van der Waals surface area contributed by atoms with Crippen molar-refractivity contribution in [1.82, 2.24) is 19.6 Å². The number of aromatic nitrogens is 4. The summed E-state index contributed by atoms with van der Waals surface area (Å²) in [6, 6.07) is 12.7. The van der Waals surface area contributed by atoms with E-state index in [9.17, 15) is 4.79 Å². The summed E-state index contributed by atoms with van der Waals surface area (Å²) in [5, 5.41) is 8.84. The molecule has 118 valence electrons. The van der Waals surface area contributed by atoms with Crippen molar-refractivity contribution < 1.29 is 4.74 Å². The predicted octanol–water partition coefficient (Wildman–Crippen LogP) is 2.69. The molecule has 23 heavy (non-hydrogen) atoms. The van der Waals surface area contributed by atoms with E-state index in [0.717, 1.165) is 17.1 Å². The van der Waals surface area contributed by atoms with Crippen molar-refractivity contribution in [2.24, 2.45) is 0 Å². The van der Waals surface area contributed by atoms with Crippen LogP contribution in [0.3, 0.4) is 0 Å². The van der Waals surface area contributed by atoms with Gasteiger partial charge in [-0.1, -0.05) is 12.1 Å². The van der Waals surface area contributed by atoms with E-state index in [4.69, 9.17) is 4.74 Å². The van der Waals surface area contributed by atoms with E-state index >= 15 is 0 Å². The quantitative estimate of drug-likeness (QED) is 0.743. The van der Waals surface area contributed by atoms with Gasteiger partial charge in [-0.15, -0.1) is 0 Å². The number of nitrogens with zero attached hydrogens (tertiary/aromatic N) is 4. The molecule has 0 aliphatic rings. The monoisotopic (exact) mass is 310 g/mol. The van der Waals surface area contributed by atoms with Crippen molar-refractivity contribution in [1.29, 1.82) is 0 Å². The van der Waals surface area contributed by atoms with Crippen LogP contribution in [0.4, 0.5) is 0 Å². The van der Waals surface area contributed by atoms with Crippen LogP contribution >= 0.6 is 0 Å². The highest BCUT2D eigenvalue weighted by molar-refractivity contribution is 5.59. The van der Waals surface area contributed by atoms with Crippen LogP contribution in [0.5, 0.6) is 5.75 Å². The fourth-order valence-corrected chi connectivity index (χ4v) is 2.43. The normalized spacial score (nSPS) is 11.0. The summed E-state index contributed by atoms with van der Waals surface area (Å²) in [6.45, 7) is 3.85. The third kappa shape index (κ3) is 2.75. The summed E-state index contributed by atoms with van der Waals surface area (Å²) >= 11 is 0. The van der Waals surface area contributed by atoms with E-state index in [1.54, 1.807) is 24.1 Å². The highest BCUT2D eigenvalue weighted by Gasteiger charge is 2.14. The Hall–Kier alpha value is -2.89. The Morgan fingerprint density at radius 2 is 1.87 bits per heavy atom. The first-order valence-corrected chi connectivity index (χ1v) is 7.39. The number of hydrogen-bond donors (Lipinski definition) is 0. The Kier molecular flexibility index (Phi) is 3.97. The van der Waals surface area contributed by atoms with Gasteiger partial charge in [0.15, 0.2) is 0 Å². The molecule has 0 aliphatic heterocycles. The fourth-order valence-electron chi connectivity index (χ4n) is 2.43. The SMILES string of the molecule is COc1ccccc1-n1nccc1-c1ccc(=O)n(C(C)C)n1. The Labute approximate surface area is 134 Å². The lowest BCUT2D eigenvalue weighted by Gasteiger charge is -2.13. The van der Waals surface area contributed by atoms with Crippen LogP contribution in [0.1, 0.15) is 19.9 Å². The van der Waals surface area contributed by atoms with E-state index in [0.29, 0.717) is 5.69 Å². The first-order chi connectivity index (χ1) is 11.1. The van der Waals surface area contributed by atoms with Gasteiger partial charge in [0.1, 0.15) is 17.1 Å². The van der Waals surface area contributed by atoms with Crippen LogP contribution in [-0.2, 0) is 0 Å². The van der Waals surface area contributed by atoms with Crippen molar-refractivity contribution in [3.05, 3.63) is 59.0 Å². The number of rotatable bonds is 4. The molecule has 3 rings (SSSR count). The van der Waals surface area contributed by atoms with Gasteiger partial charge in [0.2, 0.25) is 0 Å². The third-order valence-electron chi connectivity index (χ3n) is 3.53. The smallest absolute Gasteiger partial charge is 0.267 e. The number of hydrogen-bond acceptors (Lipinski definition) is 4. The van der Waals surface area contributed by atoms with E-state index < -0.39 is 0 Å². The van der Waals surface area contributed by atoms with Crippen molar-refractivity contribution in [3.8, 4) is 22.8 Å². The second kappa shape index (κ2) is 6.08. The molecular formula is C17H18N4O2. The summed E-state index contributed by atoms with van der Waals surface area (Å²) in [4.78, 5) is 11.9. The lowest BCUT2D eigenvalue weighted by Crippen LogP contribution is -2.24. The molecule has 2 heterocycles. The molecule has 0 unspecified atom stereocenters. The number of para-hydroxylation sites is 2. The maximum atomic E-state index is 11.9. The van der Waals surface area contributed by atoms with Crippen molar-refractivity contribution in [3.63, 3.8) is 0 Å². The summed E-state index contributed by atoms with van der Waals surface area (Å²) < 4.78 is 8.63. The minimum atomic E-state index is -0.118. The number of methoxy groups -OCH3 is 1. The van der Waals surface area contributed by atoms with Crippen LogP contribution < -0.4 is 10.3 Å². The topological polar surface area (TPSA) is 61.9 Å². The molecule has 0 amide bonds. The molecule has 2 aromatic heterocycles. The van der Waals surface area contributed by atoms with Crippen molar-refractivity contribution in [2.75, 3.05) is 7.11 Å². The van der Waals surface area contributed by atoms with Crippen molar-refractivity contribution >= 4 is 0 Å². The maximum absolute atomic E-state index is 11.9. The lowest BCUT2D eigenvalue weighted by molar-refractivity contribution is 0.412. The van der Waals surface area contributed by atoms with Gasteiger partial charge in [0.25, 0.3) is 5.56 Å². The van der Waals surface area contributed by atoms with E-state index in [2.05, 4.69) is 10.2 Å². The van der Waals surface area contributed by atoms with Gasteiger partial charge in [-0.2, -0.15) is 10.2 Å². The van der Waals surface area contributed by atoms with Crippen LogP contribution in [-0.4, -0.2) is 26.7 Å². The first-order valence-electron chi connectivity index (χ1n) is 7.39. The molecule has 0 radical (unpaired) electrons. The van der Waals surface area contributed by atoms with E-state index in [1.807, 2.05) is 44.2 Å². The van der Waals surface area contributed by atoms with Crippen LogP contribution in [0.15, 0.2) is 53.5 Å². The second-order valence-electron chi connectivity index (χ2n) is 5.40. The molecular weight excluding hydrogens is 292 g/mol. The van der Waals surface area contributed by atoms with Gasteiger partial charge < -0.3 is 4.74 Å². The Bertz CT molecular complexity index is 880. The summed E-state index contributed by atoms with van der Waals surface area (Å²) in [5.41, 5.74) is 2.18. The molecule has 6 heteroatoms. The molecule has 1 aromatic carbocycles. The zero-order chi connectivity index (χ0) is 16.4. The van der Waals surface area contributed by atoms with Crippen LogP contribution in [0, 0.1) is 0 Å². The molecule has 0 aliphatic carbocycles. The lowest BCUT2D eigenvalue weighted by atomic mass is 10.2. The van der Waals surface area contributed by atoms with Gasteiger partial charge >= 0.3 is 0 Å². The predicted molar refractivity (Wildman–Crippen MR) is 88.0 cm³/mol. The molecule has 0 spiro atoms. The third-order valence-corrected chi connectivity index (χ3v) is 3.53. The molecule has 6 nitrogen and oxygen atoms in total. The Balaban J connectivity index is 2.15. The van der Waals surface area contributed by atoms with E-state index in [1.165, 1.54) is 10.7 Å². The molecule has 0 atom stereocenters. The van der Waals surface area contributed by atoms with Crippen LogP contribution in [0.2, 0.25) is 0 Å². The van der Waals surface area contributed by atoms with Gasteiger partial charge in [0.05, 0.1) is 25.0 Å². The minimum Gasteiger partial charge on any atom is -0.494 e. The highest BCUT2D eigenvalue weighted by atomic mass is 16.5. The maximum Gasteiger partial charge on any atom is 0.267 e. The van der Waals surface area contributed by atoms with Gasteiger partial charge in [-0.3, -0.25) is 4.79 Å². The van der Waals surface area contributed by atoms with Gasteiger partial charge in [-0.05, 0) is 38.1 Å². The average Bonchev–Trinajstić information content (AvgIpc) is 3.04. The minimum absolute atomic E-state index is 0.00918. The zero-order valence-corrected chi connectivity index (χ0v) is 13.3. The number of benzene rings is 1. The van der Waals surface area contributed by atoms with Crippen LogP contribution in [0.25, 0.3) is 17.1 Å². The molecule has 0 saturated heterocycles. The summed E-state index contributed by atoms with van der Waals surface area (Å²) in [7, 11) is 1.62. The fraction of sp³-hybridized carbons (Fsp3) is 0.235. The summed E-state index contributed by atoms with van der Waals surface area (Å²) in [5.74, 6) is 0.717. The standard InChI is InChI=1S/C17H18N4O2/c1-12(2)20-17(22)9-8-13(19-20)14-10-11-18-21(14)15-6-4-5-7-16(15)23-3/h4-12H,1-3H3. The molecule has 0 saturated carbocycles. The largest absolute Gasteiger partial charge is 0.494 e. The first kappa shape index (κ1) is 15.0. The average molecular weight is 310 g/mol.